The first-order valence-corrected chi connectivity index (χ1v) is 9.81. The van der Waals surface area contributed by atoms with Gasteiger partial charge in [0.25, 0.3) is 0 Å². The number of carbonyl (C=O) groups is 2. The lowest BCUT2D eigenvalue weighted by Gasteiger charge is -2.23. The molecule has 1 aliphatic heterocycles. The van der Waals surface area contributed by atoms with E-state index >= 15 is 0 Å². The Kier molecular flexibility index (Phi) is 6.72. The summed E-state index contributed by atoms with van der Waals surface area (Å²) in [5.41, 5.74) is 3.77. The molecule has 7 heteroatoms. The number of hydrazone groups is 1. The van der Waals surface area contributed by atoms with E-state index in [0.29, 0.717) is 17.9 Å². The maximum Gasteiger partial charge on any atom is 0.243 e. The van der Waals surface area contributed by atoms with Crippen LogP contribution in [0.15, 0.2) is 47.6 Å². The second-order valence-corrected chi connectivity index (χ2v) is 7.21. The zero-order valence-electron chi connectivity index (χ0n) is 17.4. The number of benzene rings is 2. The third kappa shape index (κ3) is 4.79. The number of nitrogens with zero attached hydrogens (tertiary/aromatic N) is 2. The molecular weight excluding hydrogens is 384 g/mol. The molecule has 0 saturated carbocycles. The Morgan fingerprint density at radius 1 is 1.07 bits per heavy atom. The lowest BCUT2D eigenvalue weighted by Crippen LogP contribution is -2.28. The number of aryl methyl sites for hydroxylation is 1. The van der Waals surface area contributed by atoms with E-state index in [0.717, 1.165) is 22.4 Å². The van der Waals surface area contributed by atoms with Gasteiger partial charge in [-0.2, -0.15) is 5.10 Å². The Balaban J connectivity index is 1.90. The molecule has 0 bridgehead atoms. The van der Waals surface area contributed by atoms with Crippen molar-refractivity contribution in [2.45, 2.75) is 38.6 Å². The van der Waals surface area contributed by atoms with Crippen LogP contribution in [0.3, 0.4) is 0 Å². The van der Waals surface area contributed by atoms with Crippen LogP contribution in [0.2, 0.25) is 0 Å². The van der Waals surface area contributed by atoms with Gasteiger partial charge in [-0.3, -0.25) is 4.79 Å². The van der Waals surface area contributed by atoms with Crippen molar-refractivity contribution in [3.05, 3.63) is 59.2 Å². The second-order valence-electron chi connectivity index (χ2n) is 7.21. The first-order valence-electron chi connectivity index (χ1n) is 9.81. The third-order valence-electron chi connectivity index (χ3n) is 5.11. The van der Waals surface area contributed by atoms with Crippen LogP contribution in [-0.2, 0) is 9.59 Å². The molecule has 7 nitrogen and oxygen atoms in total. The fourth-order valence-corrected chi connectivity index (χ4v) is 3.48. The largest absolute Gasteiger partial charge is 0.550 e. The van der Waals surface area contributed by atoms with Gasteiger partial charge >= 0.3 is 0 Å². The monoisotopic (exact) mass is 409 g/mol. The quantitative estimate of drug-likeness (QED) is 0.668. The SMILES string of the molecule is COc1ccc([C@H]2CC(c3ccc(C)cc3)=NN2C(=O)CCCC(=O)[O-])cc1OC. The molecule has 0 aliphatic carbocycles. The Morgan fingerprint density at radius 2 is 1.77 bits per heavy atom. The van der Waals surface area contributed by atoms with Crippen LogP contribution >= 0.6 is 0 Å². The molecular formula is C23H25N2O5-. The Morgan fingerprint density at radius 3 is 2.40 bits per heavy atom. The summed E-state index contributed by atoms with van der Waals surface area (Å²) in [6.45, 7) is 2.01. The molecule has 0 saturated heterocycles. The minimum atomic E-state index is -1.16. The van der Waals surface area contributed by atoms with Crippen LogP contribution in [0, 0.1) is 6.92 Å². The van der Waals surface area contributed by atoms with E-state index in [4.69, 9.17) is 9.47 Å². The number of methoxy groups -OCH3 is 2. The summed E-state index contributed by atoms with van der Waals surface area (Å²) in [5, 5.41) is 16.8. The van der Waals surface area contributed by atoms with Gasteiger partial charge in [-0.1, -0.05) is 35.9 Å². The van der Waals surface area contributed by atoms with Gasteiger partial charge in [-0.15, -0.1) is 0 Å². The Hall–Kier alpha value is -3.35. The zero-order valence-corrected chi connectivity index (χ0v) is 17.4. The van der Waals surface area contributed by atoms with Crippen LogP contribution < -0.4 is 14.6 Å². The van der Waals surface area contributed by atoms with E-state index < -0.39 is 5.97 Å². The van der Waals surface area contributed by atoms with E-state index in [-0.39, 0.29) is 31.2 Å². The molecule has 1 aliphatic rings. The average Bonchev–Trinajstić information content (AvgIpc) is 3.19. The van der Waals surface area contributed by atoms with Crippen molar-refractivity contribution >= 4 is 17.6 Å². The maximum atomic E-state index is 12.9. The number of ether oxygens (including phenoxy) is 2. The molecule has 158 valence electrons. The van der Waals surface area contributed by atoms with Gasteiger partial charge in [-0.05, 0) is 43.0 Å². The first-order chi connectivity index (χ1) is 14.4. The summed E-state index contributed by atoms with van der Waals surface area (Å²) in [4.78, 5) is 23.6. The Bertz CT molecular complexity index is 953. The van der Waals surface area contributed by atoms with Crippen LogP contribution in [0.4, 0.5) is 0 Å². The van der Waals surface area contributed by atoms with Crippen molar-refractivity contribution in [3.63, 3.8) is 0 Å². The molecule has 1 atom stereocenters. The summed E-state index contributed by atoms with van der Waals surface area (Å²) < 4.78 is 10.7. The highest BCUT2D eigenvalue weighted by molar-refractivity contribution is 6.03. The van der Waals surface area contributed by atoms with Crippen molar-refractivity contribution in [3.8, 4) is 11.5 Å². The summed E-state index contributed by atoms with van der Waals surface area (Å²) in [5.74, 6) is -0.212. The van der Waals surface area contributed by atoms with Crippen LogP contribution in [-0.4, -0.2) is 36.8 Å². The van der Waals surface area contributed by atoms with Crippen LogP contribution in [0.5, 0.6) is 11.5 Å². The van der Waals surface area contributed by atoms with Gasteiger partial charge in [0.15, 0.2) is 11.5 Å². The number of hydrogen-bond donors (Lipinski definition) is 0. The van der Waals surface area contributed by atoms with Gasteiger partial charge in [0, 0.05) is 18.8 Å². The number of hydrogen-bond acceptors (Lipinski definition) is 6. The van der Waals surface area contributed by atoms with Crippen molar-refractivity contribution in [1.82, 2.24) is 5.01 Å². The predicted molar refractivity (Wildman–Crippen MR) is 110 cm³/mol. The standard InChI is InChI=1S/C23H26N2O5/c1-15-7-9-16(10-8-15)18-14-19(17-11-12-20(29-2)21(13-17)30-3)25(24-18)22(26)5-4-6-23(27)28/h7-13,19H,4-6,14H2,1-3H3,(H,27,28)/p-1/t19-/m1/s1. The van der Waals surface area contributed by atoms with Crippen molar-refractivity contribution in [2.24, 2.45) is 5.10 Å². The highest BCUT2D eigenvalue weighted by atomic mass is 16.5. The molecule has 0 radical (unpaired) electrons. The molecule has 0 spiro atoms. The van der Waals surface area contributed by atoms with Crippen LogP contribution in [0.1, 0.15) is 48.4 Å². The average molecular weight is 409 g/mol. The predicted octanol–water partition coefficient (Wildman–Crippen LogP) is 2.61. The number of carbonyl (C=O) groups excluding carboxylic acids is 2. The maximum absolute atomic E-state index is 12.9. The number of carboxylic acids is 1. The smallest absolute Gasteiger partial charge is 0.243 e. The summed E-state index contributed by atoms with van der Waals surface area (Å²) >= 11 is 0. The van der Waals surface area contributed by atoms with Gasteiger partial charge in [0.1, 0.15) is 0 Å². The molecule has 3 rings (SSSR count). The number of carboxylic acid groups (broad SMARTS) is 1. The van der Waals surface area contributed by atoms with E-state index in [2.05, 4.69) is 5.10 Å². The lowest BCUT2D eigenvalue weighted by molar-refractivity contribution is -0.305. The molecule has 0 N–H and O–H groups in total. The molecule has 1 heterocycles. The molecule has 0 aromatic heterocycles. The molecule has 2 aromatic rings. The van der Waals surface area contributed by atoms with Crippen molar-refractivity contribution in [2.75, 3.05) is 14.2 Å². The number of amides is 1. The minimum absolute atomic E-state index is 0.0858. The summed E-state index contributed by atoms with van der Waals surface area (Å²) in [7, 11) is 3.13. The minimum Gasteiger partial charge on any atom is -0.550 e. The van der Waals surface area contributed by atoms with E-state index in [1.165, 1.54) is 5.01 Å². The first kappa shape index (κ1) is 21.4. The van der Waals surface area contributed by atoms with Gasteiger partial charge < -0.3 is 19.4 Å². The van der Waals surface area contributed by atoms with E-state index in [1.54, 1.807) is 20.3 Å². The fraction of sp³-hybridized carbons (Fsp3) is 0.348. The molecule has 2 aromatic carbocycles. The molecule has 30 heavy (non-hydrogen) atoms. The number of rotatable bonds is 8. The molecule has 0 fully saturated rings. The van der Waals surface area contributed by atoms with E-state index in [9.17, 15) is 14.7 Å². The van der Waals surface area contributed by atoms with Crippen molar-refractivity contribution < 1.29 is 24.2 Å². The highest BCUT2D eigenvalue weighted by Crippen LogP contribution is 2.37. The topological polar surface area (TPSA) is 91.3 Å². The fourth-order valence-electron chi connectivity index (χ4n) is 3.48. The normalized spacial score (nSPS) is 15.6. The molecule has 1 amide bonds. The number of aliphatic carboxylic acids is 1. The van der Waals surface area contributed by atoms with E-state index in [1.807, 2.05) is 43.3 Å². The highest BCUT2D eigenvalue weighted by Gasteiger charge is 2.33. The van der Waals surface area contributed by atoms with Crippen molar-refractivity contribution in [1.29, 1.82) is 0 Å². The zero-order chi connectivity index (χ0) is 21.7. The summed E-state index contributed by atoms with van der Waals surface area (Å²) in [6, 6.07) is 13.2. The van der Waals surface area contributed by atoms with Crippen LogP contribution in [0.25, 0.3) is 0 Å². The van der Waals surface area contributed by atoms with Gasteiger partial charge in [0.05, 0.1) is 26.0 Å². The third-order valence-corrected chi connectivity index (χ3v) is 5.11. The Labute approximate surface area is 175 Å². The molecule has 0 unspecified atom stereocenters. The second kappa shape index (κ2) is 9.43. The summed E-state index contributed by atoms with van der Waals surface area (Å²) in [6.07, 6.45) is 0.689. The lowest BCUT2D eigenvalue weighted by atomic mass is 9.97. The van der Waals surface area contributed by atoms with Gasteiger partial charge in [0.2, 0.25) is 5.91 Å². The van der Waals surface area contributed by atoms with Gasteiger partial charge in [-0.25, -0.2) is 5.01 Å².